The number of rotatable bonds is 4. The van der Waals surface area contributed by atoms with E-state index in [1.165, 1.54) is 4.88 Å². The number of halogens is 2. The summed E-state index contributed by atoms with van der Waals surface area (Å²) in [6, 6.07) is 11.6. The summed E-state index contributed by atoms with van der Waals surface area (Å²) in [6.07, 6.45) is 0. The van der Waals surface area contributed by atoms with Gasteiger partial charge < -0.3 is 4.90 Å². The van der Waals surface area contributed by atoms with E-state index in [9.17, 15) is 4.79 Å². The van der Waals surface area contributed by atoms with Gasteiger partial charge in [-0.3, -0.25) is 4.79 Å². The minimum absolute atomic E-state index is 0.0633. The maximum Gasteiger partial charge on any atom is 0.254 e. The number of thiophene rings is 1. The third-order valence-electron chi connectivity index (χ3n) is 2.72. The zero-order valence-electron chi connectivity index (χ0n) is 10.4. The number of amides is 1. The van der Waals surface area contributed by atoms with Crippen LogP contribution >= 0.6 is 43.2 Å². The van der Waals surface area contributed by atoms with Crippen molar-refractivity contribution < 1.29 is 4.79 Å². The molecule has 1 heterocycles. The smallest absolute Gasteiger partial charge is 0.254 e. The van der Waals surface area contributed by atoms with E-state index in [1.54, 1.807) is 11.3 Å². The van der Waals surface area contributed by atoms with Gasteiger partial charge in [-0.25, -0.2) is 0 Å². The zero-order valence-corrected chi connectivity index (χ0v) is 14.4. The quantitative estimate of drug-likeness (QED) is 0.709. The standard InChI is InChI=1S/C14H13Br2NOS/c1-2-17(9-12-6-7-13(16)19-12)14(18)10-4-3-5-11(15)8-10/h3-8H,2,9H2,1H3. The van der Waals surface area contributed by atoms with Crippen molar-refractivity contribution in [1.29, 1.82) is 0 Å². The van der Waals surface area contributed by atoms with Crippen LogP contribution in [0.1, 0.15) is 22.2 Å². The van der Waals surface area contributed by atoms with Gasteiger partial charge in [0, 0.05) is 21.5 Å². The van der Waals surface area contributed by atoms with Gasteiger partial charge >= 0.3 is 0 Å². The molecule has 1 aromatic carbocycles. The van der Waals surface area contributed by atoms with Crippen molar-refractivity contribution in [3.05, 3.63) is 55.1 Å². The minimum atomic E-state index is 0.0633. The van der Waals surface area contributed by atoms with Crippen LogP contribution in [0.15, 0.2) is 44.7 Å². The Kier molecular flexibility index (Phi) is 5.19. The van der Waals surface area contributed by atoms with Gasteiger partial charge in [0.25, 0.3) is 5.91 Å². The molecular formula is C14H13Br2NOS. The molecule has 1 aromatic heterocycles. The number of hydrogen-bond donors (Lipinski definition) is 0. The highest BCUT2D eigenvalue weighted by molar-refractivity contribution is 9.11. The second-order valence-corrected chi connectivity index (χ2v) is 7.50. The Hall–Kier alpha value is -0.650. The summed E-state index contributed by atoms with van der Waals surface area (Å²) in [6.45, 7) is 3.34. The molecule has 0 fully saturated rings. The van der Waals surface area contributed by atoms with Crippen LogP contribution in [0.3, 0.4) is 0 Å². The van der Waals surface area contributed by atoms with E-state index in [1.807, 2.05) is 48.2 Å². The number of carbonyl (C=O) groups excluding carboxylic acids is 1. The van der Waals surface area contributed by atoms with Crippen LogP contribution in [0.4, 0.5) is 0 Å². The van der Waals surface area contributed by atoms with Gasteiger partial charge in [0.2, 0.25) is 0 Å². The van der Waals surface area contributed by atoms with E-state index in [4.69, 9.17) is 0 Å². The SMILES string of the molecule is CCN(Cc1ccc(Br)s1)C(=O)c1cccc(Br)c1. The first-order chi connectivity index (χ1) is 9.10. The molecule has 0 saturated heterocycles. The van der Waals surface area contributed by atoms with Crippen LogP contribution in [0, 0.1) is 0 Å². The predicted molar refractivity (Wildman–Crippen MR) is 86.6 cm³/mol. The van der Waals surface area contributed by atoms with Crippen molar-refractivity contribution in [2.24, 2.45) is 0 Å². The molecule has 19 heavy (non-hydrogen) atoms. The van der Waals surface area contributed by atoms with Crippen LogP contribution in [0.2, 0.25) is 0 Å². The lowest BCUT2D eigenvalue weighted by Crippen LogP contribution is -2.29. The van der Waals surface area contributed by atoms with Crippen molar-refractivity contribution in [2.75, 3.05) is 6.54 Å². The number of hydrogen-bond acceptors (Lipinski definition) is 2. The highest BCUT2D eigenvalue weighted by Gasteiger charge is 2.15. The van der Waals surface area contributed by atoms with Crippen molar-refractivity contribution in [1.82, 2.24) is 4.90 Å². The fourth-order valence-electron chi connectivity index (χ4n) is 1.76. The van der Waals surface area contributed by atoms with Crippen LogP contribution in [0.25, 0.3) is 0 Å². The van der Waals surface area contributed by atoms with Gasteiger partial charge in [0.05, 0.1) is 10.3 Å². The van der Waals surface area contributed by atoms with E-state index in [-0.39, 0.29) is 5.91 Å². The van der Waals surface area contributed by atoms with Gasteiger partial charge in [0.15, 0.2) is 0 Å². The zero-order chi connectivity index (χ0) is 13.8. The summed E-state index contributed by atoms with van der Waals surface area (Å²) in [4.78, 5) is 15.5. The van der Waals surface area contributed by atoms with E-state index in [2.05, 4.69) is 31.9 Å². The Labute approximate surface area is 133 Å². The molecule has 0 unspecified atom stereocenters. The third-order valence-corrected chi connectivity index (χ3v) is 4.82. The molecule has 0 atom stereocenters. The summed E-state index contributed by atoms with van der Waals surface area (Å²) in [7, 11) is 0. The Bertz CT molecular complexity index is 582. The molecule has 0 aliphatic heterocycles. The molecular weight excluding hydrogens is 390 g/mol. The second-order valence-electron chi connectivity index (χ2n) is 4.04. The fraction of sp³-hybridized carbons (Fsp3) is 0.214. The number of nitrogens with zero attached hydrogens (tertiary/aromatic N) is 1. The molecule has 100 valence electrons. The molecule has 0 N–H and O–H groups in total. The van der Waals surface area contributed by atoms with Crippen LogP contribution in [-0.4, -0.2) is 17.4 Å². The van der Waals surface area contributed by atoms with E-state index < -0.39 is 0 Å². The summed E-state index contributed by atoms with van der Waals surface area (Å²) in [5.74, 6) is 0.0633. The lowest BCUT2D eigenvalue weighted by molar-refractivity contribution is 0.0754. The highest BCUT2D eigenvalue weighted by Crippen LogP contribution is 2.24. The third kappa shape index (κ3) is 3.91. The molecule has 0 spiro atoms. The first kappa shape index (κ1) is 14.8. The average molecular weight is 403 g/mol. The maximum absolute atomic E-state index is 12.4. The number of carbonyl (C=O) groups is 1. The van der Waals surface area contributed by atoms with Crippen molar-refractivity contribution in [3.63, 3.8) is 0 Å². The van der Waals surface area contributed by atoms with Gasteiger partial charge in [-0.15, -0.1) is 11.3 Å². The van der Waals surface area contributed by atoms with Crippen molar-refractivity contribution in [3.8, 4) is 0 Å². The molecule has 1 amide bonds. The van der Waals surface area contributed by atoms with E-state index in [0.717, 1.165) is 8.26 Å². The van der Waals surface area contributed by atoms with Crippen molar-refractivity contribution >= 4 is 49.1 Å². The Morgan fingerprint density at radius 1 is 1.26 bits per heavy atom. The van der Waals surface area contributed by atoms with E-state index >= 15 is 0 Å². The summed E-state index contributed by atoms with van der Waals surface area (Å²) in [5.41, 5.74) is 0.715. The summed E-state index contributed by atoms with van der Waals surface area (Å²) >= 11 is 8.50. The van der Waals surface area contributed by atoms with Crippen LogP contribution in [-0.2, 0) is 6.54 Å². The van der Waals surface area contributed by atoms with Crippen molar-refractivity contribution in [2.45, 2.75) is 13.5 Å². The van der Waals surface area contributed by atoms with Gasteiger partial charge in [-0.05, 0) is 53.2 Å². The Balaban J connectivity index is 2.15. The van der Waals surface area contributed by atoms with Gasteiger partial charge in [0.1, 0.15) is 0 Å². The first-order valence-corrected chi connectivity index (χ1v) is 8.29. The topological polar surface area (TPSA) is 20.3 Å². The monoisotopic (exact) mass is 401 g/mol. The molecule has 2 rings (SSSR count). The molecule has 0 aliphatic carbocycles. The van der Waals surface area contributed by atoms with Gasteiger partial charge in [-0.1, -0.05) is 22.0 Å². The molecule has 5 heteroatoms. The predicted octanol–water partition coefficient (Wildman–Crippen LogP) is 4.94. The molecule has 2 nitrogen and oxygen atoms in total. The fourth-order valence-corrected chi connectivity index (χ4v) is 3.65. The average Bonchev–Trinajstić information content (AvgIpc) is 2.81. The number of benzene rings is 1. The van der Waals surface area contributed by atoms with Gasteiger partial charge in [-0.2, -0.15) is 0 Å². The largest absolute Gasteiger partial charge is 0.334 e. The highest BCUT2D eigenvalue weighted by atomic mass is 79.9. The molecule has 2 aromatic rings. The Morgan fingerprint density at radius 2 is 2.05 bits per heavy atom. The lowest BCUT2D eigenvalue weighted by Gasteiger charge is -2.20. The molecule has 0 radical (unpaired) electrons. The lowest BCUT2D eigenvalue weighted by atomic mass is 10.2. The van der Waals surface area contributed by atoms with Crippen LogP contribution in [0.5, 0.6) is 0 Å². The minimum Gasteiger partial charge on any atom is -0.334 e. The van der Waals surface area contributed by atoms with Crippen LogP contribution < -0.4 is 0 Å². The normalized spacial score (nSPS) is 10.5. The molecule has 0 bridgehead atoms. The maximum atomic E-state index is 12.4. The Morgan fingerprint density at radius 3 is 2.63 bits per heavy atom. The second kappa shape index (κ2) is 6.68. The molecule has 0 saturated carbocycles. The summed E-state index contributed by atoms with van der Waals surface area (Å²) in [5, 5.41) is 0. The first-order valence-electron chi connectivity index (χ1n) is 5.89. The van der Waals surface area contributed by atoms with E-state index in [0.29, 0.717) is 18.7 Å². The summed E-state index contributed by atoms with van der Waals surface area (Å²) < 4.78 is 2.02. The molecule has 0 aliphatic rings.